The van der Waals surface area contributed by atoms with Crippen LogP contribution in [0.15, 0.2) is 78.9 Å². The van der Waals surface area contributed by atoms with E-state index < -0.39 is 0 Å². The van der Waals surface area contributed by atoms with Crippen LogP contribution in [0.2, 0.25) is 0 Å². The number of carbonyl (C=O) groups is 2. The highest BCUT2D eigenvalue weighted by molar-refractivity contribution is 6.04. The Morgan fingerprint density at radius 3 is 2.50 bits per heavy atom. The van der Waals surface area contributed by atoms with Gasteiger partial charge >= 0.3 is 0 Å². The van der Waals surface area contributed by atoms with E-state index in [1.807, 2.05) is 67.6 Å². The molecule has 1 unspecified atom stereocenters. The number of nitrogens with one attached hydrogen (secondary N) is 1. The van der Waals surface area contributed by atoms with Crippen molar-refractivity contribution in [1.82, 2.24) is 0 Å². The Labute approximate surface area is 175 Å². The molecule has 0 aromatic heterocycles. The maximum Gasteiger partial charge on any atom is 0.265 e. The minimum absolute atomic E-state index is 0.114. The van der Waals surface area contributed by atoms with Gasteiger partial charge in [-0.2, -0.15) is 0 Å². The summed E-state index contributed by atoms with van der Waals surface area (Å²) >= 11 is 0. The molecule has 0 saturated heterocycles. The Balaban J connectivity index is 1.47. The van der Waals surface area contributed by atoms with E-state index in [-0.39, 0.29) is 30.9 Å². The van der Waals surface area contributed by atoms with Crippen LogP contribution in [-0.2, 0) is 9.59 Å². The van der Waals surface area contributed by atoms with Gasteiger partial charge in [-0.15, -0.1) is 0 Å². The predicted octanol–water partition coefficient (Wildman–Crippen LogP) is 4.62. The van der Waals surface area contributed by atoms with Crippen LogP contribution in [0.1, 0.15) is 13.3 Å². The molecule has 1 aliphatic rings. The number of nitrogens with zero attached hydrogens (tertiary/aromatic N) is 1. The number of hydrogen-bond acceptors (Lipinski definition) is 4. The zero-order chi connectivity index (χ0) is 20.9. The number of para-hydroxylation sites is 3. The molecular formula is C24H22N2O4. The fraction of sp³-hybridized carbons (Fsp3) is 0.167. The molecule has 0 spiro atoms. The Hall–Kier alpha value is -3.80. The number of anilines is 2. The highest BCUT2D eigenvalue weighted by Crippen LogP contribution is 2.31. The summed E-state index contributed by atoms with van der Waals surface area (Å²) in [7, 11) is 0. The SMILES string of the molecule is CC1CC(=O)Nc2ccccc2N1C(=O)COc1cccc(Oc2ccccc2)c1. The molecule has 152 valence electrons. The number of rotatable bonds is 5. The molecule has 0 radical (unpaired) electrons. The number of ether oxygens (including phenoxy) is 2. The van der Waals surface area contributed by atoms with Gasteiger partial charge in [0.2, 0.25) is 5.91 Å². The van der Waals surface area contributed by atoms with Gasteiger partial charge in [0.25, 0.3) is 5.91 Å². The summed E-state index contributed by atoms with van der Waals surface area (Å²) in [5.74, 6) is 1.53. The second-order valence-electron chi connectivity index (χ2n) is 7.06. The van der Waals surface area contributed by atoms with E-state index in [1.54, 1.807) is 23.1 Å². The predicted molar refractivity (Wildman–Crippen MR) is 115 cm³/mol. The minimum Gasteiger partial charge on any atom is -0.484 e. The summed E-state index contributed by atoms with van der Waals surface area (Å²) in [5, 5.41) is 2.85. The maximum absolute atomic E-state index is 13.0. The van der Waals surface area contributed by atoms with Crippen molar-refractivity contribution in [3.8, 4) is 17.2 Å². The molecule has 2 amide bonds. The molecule has 1 aliphatic heterocycles. The molecule has 3 aromatic carbocycles. The summed E-state index contributed by atoms with van der Waals surface area (Å²) in [6.45, 7) is 1.70. The molecule has 0 saturated carbocycles. The quantitative estimate of drug-likeness (QED) is 0.676. The molecular weight excluding hydrogens is 380 g/mol. The lowest BCUT2D eigenvalue weighted by Gasteiger charge is -2.27. The summed E-state index contributed by atoms with van der Waals surface area (Å²) in [4.78, 5) is 26.7. The van der Waals surface area contributed by atoms with Crippen LogP contribution in [0.4, 0.5) is 11.4 Å². The summed E-state index contributed by atoms with van der Waals surface area (Å²) in [6.07, 6.45) is 0.223. The first-order valence-corrected chi connectivity index (χ1v) is 9.77. The van der Waals surface area contributed by atoms with Gasteiger partial charge in [-0.3, -0.25) is 9.59 Å². The number of benzene rings is 3. The molecule has 0 bridgehead atoms. The average molecular weight is 402 g/mol. The van der Waals surface area contributed by atoms with Crippen molar-refractivity contribution < 1.29 is 19.1 Å². The topological polar surface area (TPSA) is 67.9 Å². The van der Waals surface area contributed by atoms with Gasteiger partial charge in [0.05, 0.1) is 11.4 Å². The smallest absolute Gasteiger partial charge is 0.265 e. The third kappa shape index (κ3) is 4.43. The standard InChI is InChI=1S/C24H22N2O4/c1-17-14-23(27)25-21-12-5-6-13-22(21)26(17)24(28)16-29-19-10-7-11-20(15-19)30-18-8-3-2-4-9-18/h2-13,15,17H,14,16H2,1H3,(H,25,27). The summed E-state index contributed by atoms with van der Waals surface area (Å²) < 4.78 is 11.6. The lowest BCUT2D eigenvalue weighted by Crippen LogP contribution is -2.41. The van der Waals surface area contributed by atoms with Gasteiger partial charge in [0.1, 0.15) is 17.2 Å². The third-order valence-corrected chi connectivity index (χ3v) is 4.77. The van der Waals surface area contributed by atoms with Gasteiger partial charge < -0.3 is 19.7 Å². The zero-order valence-electron chi connectivity index (χ0n) is 16.6. The fourth-order valence-corrected chi connectivity index (χ4v) is 3.43. The first-order valence-electron chi connectivity index (χ1n) is 9.77. The lowest BCUT2D eigenvalue weighted by atomic mass is 10.1. The van der Waals surface area contributed by atoms with Crippen LogP contribution in [0.25, 0.3) is 0 Å². The Morgan fingerprint density at radius 1 is 0.967 bits per heavy atom. The van der Waals surface area contributed by atoms with Crippen LogP contribution >= 0.6 is 0 Å². The first kappa shape index (κ1) is 19.5. The van der Waals surface area contributed by atoms with Crippen molar-refractivity contribution >= 4 is 23.2 Å². The molecule has 6 heteroatoms. The largest absolute Gasteiger partial charge is 0.484 e. The van der Waals surface area contributed by atoms with Gasteiger partial charge in [0.15, 0.2) is 6.61 Å². The van der Waals surface area contributed by atoms with Crippen LogP contribution in [0.3, 0.4) is 0 Å². The second kappa shape index (κ2) is 8.69. The fourth-order valence-electron chi connectivity index (χ4n) is 3.43. The van der Waals surface area contributed by atoms with Gasteiger partial charge in [-0.1, -0.05) is 36.4 Å². The van der Waals surface area contributed by atoms with E-state index >= 15 is 0 Å². The third-order valence-electron chi connectivity index (χ3n) is 4.77. The second-order valence-corrected chi connectivity index (χ2v) is 7.06. The number of hydrogen-bond donors (Lipinski definition) is 1. The van der Waals surface area contributed by atoms with Crippen LogP contribution in [-0.4, -0.2) is 24.5 Å². The molecule has 6 nitrogen and oxygen atoms in total. The monoisotopic (exact) mass is 402 g/mol. The minimum atomic E-state index is -0.280. The van der Waals surface area contributed by atoms with Crippen molar-refractivity contribution in [2.75, 3.05) is 16.8 Å². The van der Waals surface area contributed by atoms with E-state index in [9.17, 15) is 9.59 Å². The molecule has 1 atom stereocenters. The Bertz CT molecular complexity index is 1050. The normalized spacial score (nSPS) is 15.6. The lowest BCUT2D eigenvalue weighted by molar-refractivity contribution is -0.121. The van der Waals surface area contributed by atoms with Crippen molar-refractivity contribution in [1.29, 1.82) is 0 Å². The molecule has 0 aliphatic carbocycles. The number of amides is 2. The molecule has 4 rings (SSSR count). The van der Waals surface area contributed by atoms with E-state index in [2.05, 4.69) is 5.32 Å². The maximum atomic E-state index is 13.0. The Kier molecular flexibility index (Phi) is 5.66. The van der Waals surface area contributed by atoms with Crippen molar-refractivity contribution in [3.63, 3.8) is 0 Å². The highest BCUT2D eigenvalue weighted by atomic mass is 16.5. The molecule has 3 aromatic rings. The molecule has 1 N–H and O–H groups in total. The van der Waals surface area contributed by atoms with Crippen molar-refractivity contribution in [3.05, 3.63) is 78.9 Å². The first-order chi connectivity index (χ1) is 14.6. The van der Waals surface area contributed by atoms with E-state index in [0.29, 0.717) is 22.9 Å². The van der Waals surface area contributed by atoms with Crippen molar-refractivity contribution in [2.45, 2.75) is 19.4 Å². The Morgan fingerprint density at radius 2 is 1.67 bits per heavy atom. The van der Waals surface area contributed by atoms with Gasteiger partial charge in [-0.05, 0) is 43.3 Å². The average Bonchev–Trinajstić information content (AvgIpc) is 2.87. The van der Waals surface area contributed by atoms with Crippen LogP contribution in [0, 0.1) is 0 Å². The number of fused-ring (bicyclic) bond motifs is 1. The van der Waals surface area contributed by atoms with E-state index in [4.69, 9.17) is 9.47 Å². The van der Waals surface area contributed by atoms with E-state index in [0.717, 1.165) is 5.75 Å². The molecule has 1 heterocycles. The van der Waals surface area contributed by atoms with E-state index in [1.165, 1.54) is 0 Å². The molecule has 0 fully saturated rings. The number of carbonyl (C=O) groups excluding carboxylic acids is 2. The molecule has 30 heavy (non-hydrogen) atoms. The summed E-state index contributed by atoms with van der Waals surface area (Å²) in [6, 6.07) is 23.6. The van der Waals surface area contributed by atoms with Crippen molar-refractivity contribution in [2.24, 2.45) is 0 Å². The summed E-state index contributed by atoms with van der Waals surface area (Å²) in [5.41, 5.74) is 1.30. The van der Waals surface area contributed by atoms with Crippen LogP contribution < -0.4 is 19.7 Å². The van der Waals surface area contributed by atoms with Gasteiger partial charge in [0, 0.05) is 18.5 Å². The zero-order valence-corrected chi connectivity index (χ0v) is 16.6. The van der Waals surface area contributed by atoms with Crippen LogP contribution in [0.5, 0.6) is 17.2 Å². The highest BCUT2D eigenvalue weighted by Gasteiger charge is 2.29. The van der Waals surface area contributed by atoms with Gasteiger partial charge in [-0.25, -0.2) is 0 Å².